The molecule has 1 rings (SSSR count). The Morgan fingerprint density at radius 1 is 1.27 bits per heavy atom. The van der Waals surface area contributed by atoms with Gasteiger partial charge < -0.3 is 0 Å². The van der Waals surface area contributed by atoms with Crippen molar-refractivity contribution in [3.63, 3.8) is 0 Å². The van der Waals surface area contributed by atoms with Crippen LogP contribution < -0.4 is 10.9 Å². The molecule has 0 unspecified atom stereocenters. The lowest BCUT2D eigenvalue weighted by Gasteiger charge is -2.02. The van der Waals surface area contributed by atoms with E-state index in [0.717, 1.165) is 0 Å². The number of nitrogens with one attached hydrogen (secondary N) is 2. The summed E-state index contributed by atoms with van der Waals surface area (Å²) in [6, 6.07) is 8.77. The molecule has 0 radical (unpaired) electrons. The van der Waals surface area contributed by atoms with E-state index in [2.05, 4.69) is 5.43 Å². The highest BCUT2D eigenvalue weighted by Gasteiger charge is 1.92. The normalized spacial score (nSPS) is 8.82. The lowest BCUT2D eigenvalue weighted by molar-refractivity contribution is 0.223. The molecule has 0 aliphatic carbocycles. The van der Waals surface area contributed by atoms with Gasteiger partial charge in [-0.2, -0.15) is 0 Å². The van der Waals surface area contributed by atoms with Gasteiger partial charge in [0.2, 0.25) is 0 Å². The zero-order valence-electron chi connectivity index (χ0n) is 5.67. The molecule has 2 N–H and O–H groups in total. The third-order valence-electron chi connectivity index (χ3n) is 1.08. The van der Waals surface area contributed by atoms with Gasteiger partial charge in [-0.05, 0) is 12.1 Å². The largest absolute Gasteiger partial charge is 0.416 e. The zero-order valence-corrected chi connectivity index (χ0v) is 5.67. The predicted octanol–water partition coefficient (Wildman–Crippen LogP) is 1.69. The smallest absolute Gasteiger partial charge is 0.297 e. The van der Waals surface area contributed by atoms with Gasteiger partial charge in [0.1, 0.15) is 0 Å². The fourth-order valence-electron chi connectivity index (χ4n) is 0.643. The minimum atomic E-state index is -1.60. The van der Waals surface area contributed by atoms with Crippen molar-refractivity contribution < 1.29 is 9.18 Å². The van der Waals surface area contributed by atoms with Crippen molar-refractivity contribution in [1.82, 2.24) is 5.43 Å². The van der Waals surface area contributed by atoms with Gasteiger partial charge in [0.15, 0.2) is 0 Å². The van der Waals surface area contributed by atoms with Crippen LogP contribution in [0.2, 0.25) is 0 Å². The molecule has 1 amide bonds. The van der Waals surface area contributed by atoms with Crippen molar-refractivity contribution in [2.24, 2.45) is 0 Å². The zero-order chi connectivity index (χ0) is 8.10. The van der Waals surface area contributed by atoms with Crippen molar-refractivity contribution in [1.29, 1.82) is 0 Å². The van der Waals surface area contributed by atoms with Crippen LogP contribution in [-0.2, 0) is 0 Å². The van der Waals surface area contributed by atoms with Crippen molar-refractivity contribution in [2.45, 2.75) is 0 Å². The molecule has 11 heavy (non-hydrogen) atoms. The minimum absolute atomic E-state index is 0.638. The molecule has 58 valence electrons. The molecule has 0 heterocycles. The molecule has 0 aromatic heterocycles. The van der Waals surface area contributed by atoms with Gasteiger partial charge in [-0.15, -0.1) is 4.39 Å². The summed E-state index contributed by atoms with van der Waals surface area (Å²) in [7, 11) is 0. The van der Waals surface area contributed by atoms with E-state index >= 15 is 0 Å². The SMILES string of the molecule is O=C(F)NNc1ccccc1. The van der Waals surface area contributed by atoms with E-state index in [0.29, 0.717) is 5.69 Å². The van der Waals surface area contributed by atoms with E-state index in [9.17, 15) is 9.18 Å². The number of anilines is 1. The predicted molar refractivity (Wildman–Crippen MR) is 39.7 cm³/mol. The Labute approximate surface area is 63.2 Å². The Balaban J connectivity index is 2.45. The second kappa shape index (κ2) is 3.55. The number of hydrogen-bond donors (Lipinski definition) is 2. The average molecular weight is 154 g/mol. The van der Waals surface area contributed by atoms with Crippen molar-refractivity contribution in [2.75, 3.05) is 5.43 Å². The van der Waals surface area contributed by atoms with E-state index in [1.807, 2.05) is 6.07 Å². The Morgan fingerprint density at radius 2 is 1.91 bits per heavy atom. The lowest BCUT2D eigenvalue weighted by Crippen LogP contribution is -2.24. The summed E-state index contributed by atoms with van der Waals surface area (Å²) < 4.78 is 11.6. The van der Waals surface area contributed by atoms with Crippen LogP contribution in [0.1, 0.15) is 0 Å². The van der Waals surface area contributed by atoms with Crippen LogP contribution in [0.3, 0.4) is 0 Å². The molecule has 1 aromatic rings. The summed E-state index contributed by atoms with van der Waals surface area (Å²) in [6.07, 6.45) is -1.60. The average Bonchev–Trinajstić information content (AvgIpc) is 2.03. The lowest BCUT2D eigenvalue weighted by atomic mass is 10.3. The molecule has 0 bridgehead atoms. The first kappa shape index (κ1) is 7.53. The fraction of sp³-hybridized carbons (Fsp3) is 0. The van der Waals surface area contributed by atoms with Crippen LogP contribution in [0.15, 0.2) is 30.3 Å². The summed E-state index contributed by atoms with van der Waals surface area (Å²) in [5, 5.41) is 0. The van der Waals surface area contributed by atoms with Crippen LogP contribution in [0, 0.1) is 0 Å². The second-order valence-electron chi connectivity index (χ2n) is 1.89. The molecule has 0 atom stereocenters. The quantitative estimate of drug-likeness (QED) is 0.386. The van der Waals surface area contributed by atoms with Gasteiger partial charge in [0.25, 0.3) is 0 Å². The van der Waals surface area contributed by atoms with Gasteiger partial charge >= 0.3 is 6.16 Å². The molecule has 0 fully saturated rings. The number of carbonyl (C=O) groups excluding carboxylic acids is 1. The fourth-order valence-corrected chi connectivity index (χ4v) is 0.643. The number of para-hydroxylation sites is 1. The van der Waals surface area contributed by atoms with E-state index in [1.54, 1.807) is 29.7 Å². The number of carbonyl (C=O) groups is 1. The highest BCUT2D eigenvalue weighted by molar-refractivity contribution is 5.67. The number of hydrogen-bond acceptors (Lipinski definition) is 2. The second-order valence-corrected chi connectivity index (χ2v) is 1.89. The Hall–Kier alpha value is -1.58. The number of amides is 1. The molecule has 0 aliphatic heterocycles. The van der Waals surface area contributed by atoms with Gasteiger partial charge in [-0.1, -0.05) is 18.2 Å². The van der Waals surface area contributed by atoms with E-state index in [-0.39, 0.29) is 0 Å². The standard InChI is InChI=1S/C7H7FN2O/c8-7(11)10-9-6-4-2-1-3-5-6/h1-5,9H,(H,10,11). The number of hydrazine groups is 1. The van der Waals surface area contributed by atoms with Gasteiger partial charge in [-0.3, -0.25) is 5.43 Å². The minimum Gasteiger partial charge on any atom is -0.297 e. The first-order chi connectivity index (χ1) is 5.29. The van der Waals surface area contributed by atoms with Crippen molar-refractivity contribution in [3.05, 3.63) is 30.3 Å². The van der Waals surface area contributed by atoms with Crippen molar-refractivity contribution >= 4 is 11.8 Å². The summed E-state index contributed by atoms with van der Waals surface area (Å²) in [4.78, 5) is 9.78. The Bertz CT molecular complexity index is 237. The Morgan fingerprint density at radius 3 is 2.45 bits per heavy atom. The van der Waals surface area contributed by atoms with Crippen LogP contribution in [0.5, 0.6) is 0 Å². The molecule has 0 saturated heterocycles. The number of benzene rings is 1. The van der Waals surface area contributed by atoms with Crippen LogP contribution in [-0.4, -0.2) is 6.16 Å². The maximum Gasteiger partial charge on any atom is 0.416 e. The summed E-state index contributed by atoms with van der Waals surface area (Å²) >= 11 is 0. The molecule has 0 aliphatic rings. The highest BCUT2D eigenvalue weighted by Crippen LogP contribution is 2.02. The summed E-state index contributed by atoms with van der Waals surface area (Å²) in [5.41, 5.74) is 4.81. The summed E-state index contributed by atoms with van der Waals surface area (Å²) in [5.74, 6) is 0. The van der Waals surface area contributed by atoms with Gasteiger partial charge in [-0.25, -0.2) is 10.2 Å². The molecule has 1 aromatic carbocycles. The monoisotopic (exact) mass is 154 g/mol. The summed E-state index contributed by atoms with van der Waals surface area (Å²) in [6.45, 7) is 0. The van der Waals surface area contributed by atoms with E-state index in [4.69, 9.17) is 0 Å². The van der Waals surface area contributed by atoms with Crippen LogP contribution in [0.25, 0.3) is 0 Å². The van der Waals surface area contributed by atoms with Crippen LogP contribution >= 0.6 is 0 Å². The molecular formula is C7H7FN2O. The van der Waals surface area contributed by atoms with Crippen molar-refractivity contribution in [3.8, 4) is 0 Å². The topological polar surface area (TPSA) is 41.1 Å². The maximum atomic E-state index is 11.6. The van der Waals surface area contributed by atoms with E-state index < -0.39 is 6.16 Å². The first-order valence-corrected chi connectivity index (χ1v) is 3.05. The molecule has 4 heteroatoms. The van der Waals surface area contributed by atoms with Gasteiger partial charge in [0.05, 0.1) is 5.69 Å². The first-order valence-electron chi connectivity index (χ1n) is 3.05. The molecule has 0 spiro atoms. The molecule has 3 nitrogen and oxygen atoms in total. The van der Waals surface area contributed by atoms with Gasteiger partial charge in [0, 0.05) is 0 Å². The maximum absolute atomic E-state index is 11.6. The number of halogens is 1. The molecule has 0 saturated carbocycles. The third-order valence-corrected chi connectivity index (χ3v) is 1.08. The molecular weight excluding hydrogens is 147 g/mol. The van der Waals surface area contributed by atoms with E-state index in [1.165, 1.54) is 0 Å². The van der Waals surface area contributed by atoms with Crippen LogP contribution in [0.4, 0.5) is 14.9 Å². The number of rotatable bonds is 2. The highest BCUT2D eigenvalue weighted by atomic mass is 19.1. The third kappa shape index (κ3) is 2.66. The Kier molecular flexibility index (Phi) is 2.43.